The van der Waals surface area contributed by atoms with Crippen LogP contribution in [0.3, 0.4) is 0 Å². The Hall–Kier alpha value is -0.610. The maximum Gasteiger partial charge on any atom is 0.136 e. The van der Waals surface area contributed by atoms with Gasteiger partial charge in [0.05, 0.1) is 0 Å². The fraction of sp³-hybridized carbons (Fsp3) is 0.625. The Morgan fingerprint density at radius 3 is 2.80 bits per heavy atom. The maximum atomic E-state index is 13.8. The molecule has 112 valence electrons. The molecule has 0 spiro atoms. The van der Waals surface area contributed by atoms with E-state index in [0.29, 0.717) is 16.2 Å². The van der Waals surface area contributed by atoms with E-state index >= 15 is 0 Å². The molecular weight excluding hydrogens is 276 g/mol. The first-order valence-electron chi connectivity index (χ1n) is 7.55. The summed E-state index contributed by atoms with van der Waals surface area (Å²) in [6, 6.07) is 4.13. The third-order valence-corrected chi connectivity index (χ3v) is 5.21. The average molecular weight is 299 g/mol. The van der Waals surface area contributed by atoms with Crippen molar-refractivity contribution in [2.45, 2.75) is 61.6 Å². The molecule has 1 fully saturated rings. The van der Waals surface area contributed by atoms with Gasteiger partial charge >= 0.3 is 0 Å². The number of thioether (sulfide) groups is 1. The quantitative estimate of drug-likeness (QED) is 0.787. The van der Waals surface area contributed by atoms with Crippen LogP contribution in [0.4, 0.5) is 8.78 Å². The first kappa shape index (κ1) is 15.8. The summed E-state index contributed by atoms with van der Waals surface area (Å²) < 4.78 is 27.1. The van der Waals surface area contributed by atoms with Crippen molar-refractivity contribution in [3.63, 3.8) is 0 Å². The van der Waals surface area contributed by atoms with Crippen LogP contribution in [0, 0.1) is 11.6 Å². The summed E-state index contributed by atoms with van der Waals surface area (Å²) in [5.41, 5.74) is 0. The van der Waals surface area contributed by atoms with Gasteiger partial charge in [0.25, 0.3) is 0 Å². The van der Waals surface area contributed by atoms with E-state index < -0.39 is 0 Å². The molecule has 1 saturated carbocycles. The molecule has 0 radical (unpaired) electrons. The summed E-state index contributed by atoms with van der Waals surface area (Å²) in [4.78, 5) is 0.445. The number of hydrogen-bond acceptors (Lipinski definition) is 2. The van der Waals surface area contributed by atoms with Gasteiger partial charge in [-0.3, -0.25) is 0 Å². The van der Waals surface area contributed by atoms with Gasteiger partial charge in [0, 0.05) is 16.2 Å². The van der Waals surface area contributed by atoms with Gasteiger partial charge in [-0.15, -0.1) is 11.8 Å². The first-order chi connectivity index (χ1) is 9.70. The lowest BCUT2D eigenvalue weighted by atomic mass is 10.1. The van der Waals surface area contributed by atoms with Gasteiger partial charge in [-0.1, -0.05) is 26.2 Å². The lowest BCUT2D eigenvalue weighted by Gasteiger charge is -2.26. The van der Waals surface area contributed by atoms with Crippen LogP contribution < -0.4 is 5.32 Å². The summed E-state index contributed by atoms with van der Waals surface area (Å²) in [6.07, 6.45) is 6.95. The van der Waals surface area contributed by atoms with Crippen LogP contribution in [0.5, 0.6) is 0 Å². The average Bonchev–Trinajstić information content (AvgIpc) is 2.66. The van der Waals surface area contributed by atoms with Crippen LogP contribution in [0.15, 0.2) is 23.1 Å². The Bertz CT molecular complexity index is 425. The fourth-order valence-electron chi connectivity index (χ4n) is 2.71. The number of rotatable bonds is 5. The van der Waals surface area contributed by atoms with Crippen molar-refractivity contribution < 1.29 is 8.78 Å². The van der Waals surface area contributed by atoms with Gasteiger partial charge < -0.3 is 5.32 Å². The molecule has 0 saturated heterocycles. The third kappa shape index (κ3) is 4.45. The smallest absolute Gasteiger partial charge is 0.136 e. The second-order valence-electron chi connectivity index (χ2n) is 5.43. The van der Waals surface area contributed by atoms with Crippen molar-refractivity contribution in [3.8, 4) is 0 Å². The number of halogens is 2. The zero-order chi connectivity index (χ0) is 14.4. The standard InChI is InChI=1S/C16H23F2NS/c1-2-10-19-14-6-4-3-5-7-15(14)20-16-11-12(17)8-9-13(16)18/h8-9,11,14-15,19H,2-7,10H2,1H3. The minimum Gasteiger partial charge on any atom is -0.313 e. The zero-order valence-corrected chi connectivity index (χ0v) is 12.8. The van der Waals surface area contributed by atoms with Gasteiger partial charge in [0.2, 0.25) is 0 Å². The number of benzene rings is 1. The molecule has 2 unspecified atom stereocenters. The Labute approximate surface area is 124 Å². The van der Waals surface area contributed by atoms with E-state index in [4.69, 9.17) is 0 Å². The van der Waals surface area contributed by atoms with Gasteiger partial charge in [0.15, 0.2) is 0 Å². The molecule has 2 rings (SSSR count). The molecule has 1 nitrogen and oxygen atoms in total. The van der Waals surface area contributed by atoms with Crippen molar-refractivity contribution in [2.24, 2.45) is 0 Å². The van der Waals surface area contributed by atoms with Crippen molar-refractivity contribution in [3.05, 3.63) is 29.8 Å². The summed E-state index contributed by atoms with van der Waals surface area (Å²) in [6.45, 7) is 3.14. The number of hydrogen-bond donors (Lipinski definition) is 1. The topological polar surface area (TPSA) is 12.0 Å². The van der Waals surface area contributed by atoms with E-state index in [1.807, 2.05) is 0 Å². The minimum absolute atomic E-state index is 0.310. The highest BCUT2D eigenvalue weighted by Gasteiger charge is 2.25. The van der Waals surface area contributed by atoms with E-state index in [1.54, 1.807) is 0 Å². The van der Waals surface area contributed by atoms with Crippen molar-refractivity contribution in [1.29, 1.82) is 0 Å². The Morgan fingerprint density at radius 1 is 1.20 bits per heavy atom. The van der Waals surface area contributed by atoms with Crippen LogP contribution in [0.25, 0.3) is 0 Å². The summed E-state index contributed by atoms with van der Waals surface area (Å²) in [5, 5.41) is 3.91. The van der Waals surface area contributed by atoms with Crippen molar-refractivity contribution >= 4 is 11.8 Å². The largest absolute Gasteiger partial charge is 0.313 e. The van der Waals surface area contributed by atoms with Gasteiger partial charge in [-0.2, -0.15) is 0 Å². The maximum absolute atomic E-state index is 13.8. The molecule has 0 amide bonds. The summed E-state index contributed by atoms with van der Waals surface area (Å²) in [5.74, 6) is -0.671. The molecule has 1 N–H and O–H groups in total. The highest BCUT2D eigenvalue weighted by atomic mass is 32.2. The highest BCUT2D eigenvalue weighted by Crippen LogP contribution is 2.34. The number of nitrogens with one attached hydrogen (secondary N) is 1. The molecule has 0 heterocycles. The predicted molar refractivity (Wildman–Crippen MR) is 81.2 cm³/mol. The normalized spacial score (nSPS) is 23.6. The molecule has 4 heteroatoms. The molecule has 1 aromatic carbocycles. The summed E-state index contributed by atoms with van der Waals surface area (Å²) in [7, 11) is 0. The van der Waals surface area contributed by atoms with Crippen LogP contribution in [0.1, 0.15) is 45.4 Å². The first-order valence-corrected chi connectivity index (χ1v) is 8.43. The van der Waals surface area contributed by atoms with Crippen LogP contribution in [-0.4, -0.2) is 17.8 Å². The molecule has 2 atom stereocenters. The molecule has 0 bridgehead atoms. The lowest BCUT2D eigenvalue weighted by molar-refractivity contribution is 0.469. The van der Waals surface area contributed by atoms with Gasteiger partial charge in [0.1, 0.15) is 11.6 Å². The highest BCUT2D eigenvalue weighted by molar-refractivity contribution is 8.00. The Kier molecular flexibility index (Phi) is 6.30. The van der Waals surface area contributed by atoms with E-state index in [9.17, 15) is 8.78 Å². The lowest BCUT2D eigenvalue weighted by Crippen LogP contribution is -2.37. The fourth-order valence-corrected chi connectivity index (χ4v) is 4.08. The molecule has 0 aliphatic heterocycles. The molecule has 1 aromatic rings. The van der Waals surface area contributed by atoms with Gasteiger partial charge in [-0.25, -0.2) is 8.78 Å². The van der Waals surface area contributed by atoms with Gasteiger partial charge in [-0.05, 0) is 44.0 Å². The SMILES string of the molecule is CCCNC1CCCCCC1Sc1cc(F)ccc1F. The van der Waals surface area contributed by atoms with E-state index in [-0.39, 0.29) is 11.6 Å². The Balaban J connectivity index is 2.08. The molecule has 1 aliphatic rings. The van der Waals surface area contributed by atoms with E-state index in [2.05, 4.69) is 12.2 Å². The van der Waals surface area contributed by atoms with Crippen LogP contribution in [0.2, 0.25) is 0 Å². The molecule has 20 heavy (non-hydrogen) atoms. The van der Waals surface area contributed by atoms with E-state index in [1.165, 1.54) is 49.2 Å². The second kappa shape index (κ2) is 7.99. The Morgan fingerprint density at radius 2 is 2.00 bits per heavy atom. The monoisotopic (exact) mass is 299 g/mol. The minimum atomic E-state index is -0.361. The molecule has 1 aliphatic carbocycles. The third-order valence-electron chi connectivity index (χ3n) is 3.78. The van der Waals surface area contributed by atoms with Crippen molar-refractivity contribution in [1.82, 2.24) is 5.32 Å². The predicted octanol–water partition coefficient (Wildman–Crippen LogP) is 4.76. The van der Waals surface area contributed by atoms with E-state index in [0.717, 1.165) is 25.8 Å². The molecular formula is C16H23F2NS. The second-order valence-corrected chi connectivity index (χ2v) is 6.71. The zero-order valence-electron chi connectivity index (χ0n) is 12.0. The molecule has 0 aromatic heterocycles. The van der Waals surface area contributed by atoms with Crippen LogP contribution >= 0.6 is 11.8 Å². The van der Waals surface area contributed by atoms with Crippen LogP contribution in [-0.2, 0) is 0 Å². The van der Waals surface area contributed by atoms with Crippen molar-refractivity contribution in [2.75, 3.05) is 6.54 Å². The summed E-state index contributed by atoms with van der Waals surface area (Å²) >= 11 is 1.50.